The third-order valence-electron chi connectivity index (χ3n) is 4.16. The number of hydrogen-bond acceptors (Lipinski definition) is 4. The van der Waals surface area contributed by atoms with Gasteiger partial charge in [0.2, 0.25) is 5.91 Å². The molecule has 6 heteroatoms. The first-order chi connectivity index (χ1) is 13.5. The van der Waals surface area contributed by atoms with E-state index in [9.17, 15) is 9.18 Å². The Balaban J connectivity index is 1.68. The maximum atomic E-state index is 13.3. The van der Waals surface area contributed by atoms with Crippen molar-refractivity contribution >= 4 is 11.6 Å². The molecular weight excluding hydrogens is 357 g/mol. The number of nitrogens with one attached hydrogen (secondary N) is 1. The topological polar surface area (TPSA) is 54.5 Å². The molecule has 0 unspecified atom stereocenters. The maximum Gasteiger partial charge on any atom is 0.246 e. The monoisotopic (exact) mass is 379 g/mol. The summed E-state index contributed by atoms with van der Waals surface area (Å²) in [5, 5.41) is 2.92. The van der Waals surface area contributed by atoms with E-state index in [1.807, 2.05) is 25.1 Å². The van der Waals surface area contributed by atoms with Crippen LogP contribution in [0.3, 0.4) is 0 Å². The highest BCUT2D eigenvalue weighted by Gasteiger charge is 2.23. The standard InChI is InChI=1S/C22H22FN3O2/c1-26(2)21(17-7-5-11-24-14-17)22(27)25-19-9-4-10-20(13-19)28-15-16-6-3-8-18(23)12-16/h3-14,21H,15H2,1-2H3,(H,25,27)/t21-/m1/s1. The molecule has 28 heavy (non-hydrogen) atoms. The summed E-state index contributed by atoms with van der Waals surface area (Å²) in [6, 6.07) is 16.6. The van der Waals surface area contributed by atoms with Gasteiger partial charge in [-0.15, -0.1) is 0 Å². The Morgan fingerprint density at radius 3 is 2.68 bits per heavy atom. The molecule has 0 aliphatic rings. The number of halogens is 1. The van der Waals surface area contributed by atoms with E-state index >= 15 is 0 Å². The van der Waals surface area contributed by atoms with Gasteiger partial charge < -0.3 is 10.1 Å². The van der Waals surface area contributed by atoms with Crippen molar-refractivity contribution in [2.24, 2.45) is 0 Å². The molecule has 1 N–H and O–H groups in total. The number of anilines is 1. The number of carbonyl (C=O) groups excluding carboxylic acids is 1. The Bertz CT molecular complexity index is 932. The largest absolute Gasteiger partial charge is 0.489 e. The van der Waals surface area contributed by atoms with E-state index < -0.39 is 6.04 Å². The second-order valence-corrected chi connectivity index (χ2v) is 6.59. The molecule has 0 aliphatic carbocycles. The maximum absolute atomic E-state index is 13.3. The van der Waals surface area contributed by atoms with Crippen molar-refractivity contribution in [3.05, 3.63) is 90.0 Å². The molecule has 0 saturated carbocycles. The molecule has 144 valence electrons. The summed E-state index contributed by atoms with van der Waals surface area (Å²) >= 11 is 0. The number of nitrogens with zero attached hydrogens (tertiary/aromatic N) is 2. The van der Waals surface area contributed by atoms with Crippen LogP contribution in [0.2, 0.25) is 0 Å². The lowest BCUT2D eigenvalue weighted by Crippen LogP contribution is -2.32. The van der Waals surface area contributed by atoms with Gasteiger partial charge in [0.05, 0.1) is 0 Å². The summed E-state index contributed by atoms with van der Waals surface area (Å²) in [4.78, 5) is 18.7. The predicted octanol–water partition coefficient (Wildman–Crippen LogP) is 4.04. The van der Waals surface area contributed by atoms with E-state index in [-0.39, 0.29) is 18.3 Å². The fraction of sp³-hybridized carbons (Fsp3) is 0.182. The van der Waals surface area contributed by atoms with E-state index in [1.165, 1.54) is 12.1 Å². The first kappa shape index (κ1) is 19.5. The van der Waals surface area contributed by atoms with Crippen molar-refractivity contribution in [2.45, 2.75) is 12.6 Å². The molecule has 3 rings (SSSR count). The molecule has 0 radical (unpaired) electrons. The highest BCUT2D eigenvalue weighted by Crippen LogP contribution is 2.23. The van der Waals surface area contributed by atoms with Gasteiger partial charge in [-0.2, -0.15) is 0 Å². The number of hydrogen-bond donors (Lipinski definition) is 1. The summed E-state index contributed by atoms with van der Waals surface area (Å²) in [5.74, 6) is 0.123. The molecule has 0 aliphatic heterocycles. The zero-order valence-electron chi connectivity index (χ0n) is 15.8. The van der Waals surface area contributed by atoms with Crippen LogP contribution in [0.1, 0.15) is 17.2 Å². The van der Waals surface area contributed by atoms with Gasteiger partial charge in [-0.3, -0.25) is 14.7 Å². The van der Waals surface area contributed by atoms with Crippen molar-refractivity contribution < 1.29 is 13.9 Å². The third kappa shape index (κ3) is 5.14. The van der Waals surface area contributed by atoms with Crippen LogP contribution in [0.5, 0.6) is 5.75 Å². The average molecular weight is 379 g/mol. The lowest BCUT2D eigenvalue weighted by Gasteiger charge is -2.23. The number of rotatable bonds is 7. The van der Waals surface area contributed by atoms with Gasteiger partial charge in [0.15, 0.2) is 0 Å². The molecule has 1 amide bonds. The number of carbonyl (C=O) groups is 1. The number of likely N-dealkylation sites (N-methyl/N-ethyl adjacent to an activating group) is 1. The average Bonchev–Trinajstić information content (AvgIpc) is 2.67. The lowest BCUT2D eigenvalue weighted by atomic mass is 10.1. The molecule has 1 aromatic heterocycles. The van der Waals surface area contributed by atoms with Crippen LogP contribution in [0.25, 0.3) is 0 Å². The van der Waals surface area contributed by atoms with Gasteiger partial charge >= 0.3 is 0 Å². The molecule has 0 saturated heterocycles. The zero-order valence-corrected chi connectivity index (χ0v) is 15.8. The van der Waals surface area contributed by atoms with Crippen molar-refractivity contribution in [2.75, 3.05) is 19.4 Å². The van der Waals surface area contributed by atoms with Crippen molar-refractivity contribution in [3.8, 4) is 5.75 Å². The Labute approximate surface area is 163 Å². The molecular formula is C22H22FN3O2. The lowest BCUT2D eigenvalue weighted by molar-refractivity contribution is -0.120. The normalized spacial score (nSPS) is 11.9. The molecule has 0 spiro atoms. The molecule has 0 fully saturated rings. The van der Waals surface area contributed by atoms with E-state index in [0.717, 1.165) is 11.1 Å². The van der Waals surface area contributed by atoms with Gasteiger partial charge in [0.25, 0.3) is 0 Å². The van der Waals surface area contributed by atoms with Gasteiger partial charge in [-0.1, -0.05) is 24.3 Å². The highest BCUT2D eigenvalue weighted by molar-refractivity contribution is 5.95. The summed E-state index contributed by atoms with van der Waals surface area (Å²) in [6.07, 6.45) is 3.36. The number of aromatic nitrogens is 1. The van der Waals surface area contributed by atoms with Crippen LogP contribution in [-0.4, -0.2) is 29.9 Å². The molecule has 1 heterocycles. The zero-order chi connectivity index (χ0) is 19.9. The fourth-order valence-electron chi connectivity index (χ4n) is 2.89. The van der Waals surface area contributed by atoms with E-state index in [2.05, 4.69) is 10.3 Å². The van der Waals surface area contributed by atoms with Gasteiger partial charge in [0, 0.05) is 24.1 Å². The molecule has 1 atom stereocenters. The number of ether oxygens (including phenoxy) is 1. The van der Waals surface area contributed by atoms with Crippen molar-refractivity contribution in [1.82, 2.24) is 9.88 Å². The number of pyridine rings is 1. The first-order valence-corrected chi connectivity index (χ1v) is 8.87. The number of amides is 1. The third-order valence-corrected chi connectivity index (χ3v) is 4.16. The minimum Gasteiger partial charge on any atom is -0.489 e. The van der Waals surface area contributed by atoms with Crippen molar-refractivity contribution in [1.29, 1.82) is 0 Å². The molecule has 5 nitrogen and oxygen atoms in total. The smallest absolute Gasteiger partial charge is 0.246 e. The van der Waals surface area contributed by atoms with Gasteiger partial charge in [0.1, 0.15) is 24.2 Å². The second-order valence-electron chi connectivity index (χ2n) is 6.59. The second kappa shape index (κ2) is 9.10. The Kier molecular flexibility index (Phi) is 6.34. The van der Waals surface area contributed by atoms with E-state index in [0.29, 0.717) is 11.4 Å². The van der Waals surface area contributed by atoms with Crippen LogP contribution < -0.4 is 10.1 Å². The minimum atomic E-state index is -0.467. The molecule has 0 bridgehead atoms. The van der Waals surface area contributed by atoms with Crippen LogP contribution >= 0.6 is 0 Å². The van der Waals surface area contributed by atoms with Crippen LogP contribution in [-0.2, 0) is 11.4 Å². The van der Waals surface area contributed by atoms with Crippen LogP contribution in [0, 0.1) is 5.82 Å². The Hall–Kier alpha value is -3.25. The van der Waals surface area contributed by atoms with Gasteiger partial charge in [-0.05, 0) is 55.6 Å². The van der Waals surface area contributed by atoms with E-state index in [4.69, 9.17) is 4.74 Å². The van der Waals surface area contributed by atoms with Gasteiger partial charge in [-0.25, -0.2) is 4.39 Å². The Morgan fingerprint density at radius 1 is 1.14 bits per heavy atom. The highest BCUT2D eigenvalue weighted by atomic mass is 19.1. The summed E-state index contributed by atoms with van der Waals surface area (Å²) in [5.41, 5.74) is 2.17. The molecule has 3 aromatic rings. The van der Waals surface area contributed by atoms with Crippen molar-refractivity contribution in [3.63, 3.8) is 0 Å². The minimum absolute atomic E-state index is 0.166. The van der Waals surface area contributed by atoms with Crippen LogP contribution in [0.15, 0.2) is 73.1 Å². The summed E-state index contributed by atoms with van der Waals surface area (Å²) in [6.45, 7) is 0.241. The van der Waals surface area contributed by atoms with E-state index in [1.54, 1.807) is 54.9 Å². The fourth-order valence-corrected chi connectivity index (χ4v) is 2.89. The molecule has 2 aromatic carbocycles. The quantitative estimate of drug-likeness (QED) is 0.673. The number of benzene rings is 2. The Morgan fingerprint density at radius 2 is 1.96 bits per heavy atom. The van der Waals surface area contributed by atoms with Crippen LogP contribution in [0.4, 0.5) is 10.1 Å². The SMILES string of the molecule is CN(C)[C@@H](C(=O)Nc1cccc(OCc2cccc(F)c2)c1)c1cccnc1. The first-order valence-electron chi connectivity index (χ1n) is 8.87. The predicted molar refractivity (Wildman–Crippen MR) is 106 cm³/mol. The summed E-state index contributed by atoms with van der Waals surface area (Å²) < 4.78 is 19.0. The summed E-state index contributed by atoms with van der Waals surface area (Å²) in [7, 11) is 3.69.